The topological polar surface area (TPSA) is 35.6 Å². The summed E-state index contributed by atoms with van der Waals surface area (Å²) in [6.07, 6.45) is 0. The molecule has 0 atom stereocenters. The molecule has 118 valence electrons. The van der Waals surface area contributed by atoms with Crippen LogP contribution in [0, 0.1) is 20.8 Å². The fourth-order valence-electron chi connectivity index (χ4n) is 2.51. The third-order valence-electron chi connectivity index (χ3n) is 3.90. The number of urea groups is 1. The van der Waals surface area contributed by atoms with E-state index in [4.69, 9.17) is 0 Å². The number of carbonyl (C=O) groups excluding carboxylic acids is 1. The molecule has 1 rings (SSSR count). The largest absolute Gasteiger partial charge is 0.326 e. The van der Waals surface area contributed by atoms with Crippen LogP contribution >= 0.6 is 0 Å². The molecule has 2 amide bonds. The van der Waals surface area contributed by atoms with Gasteiger partial charge in [0, 0.05) is 25.8 Å². The molecule has 0 aliphatic carbocycles. The fourth-order valence-corrected chi connectivity index (χ4v) is 2.51. The highest BCUT2D eigenvalue weighted by Gasteiger charge is 2.12. The van der Waals surface area contributed by atoms with Crippen molar-refractivity contribution in [1.82, 2.24) is 9.80 Å². The highest BCUT2D eigenvalue weighted by molar-refractivity contribution is 5.91. The Morgan fingerprint density at radius 1 is 1.05 bits per heavy atom. The SMILES string of the molecule is CCN(CC)CCN(C)C(=O)Nc1c(C)cc(C)cc1C. The zero-order valence-electron chi connectivity index (χ0n) is 14.3. The van der Waals surface area contributed by atoms with Crippen LogP contribution in [0.15, 0.2) is 12.1 Å². The number of likely N-dealkylation sites (N-methyl/N-ethyl adjacent to an activating group) is 2. The van der Waals surface area contributed by atoms with Crippen LogP contribution in [0.2, 0.25) is 0 Å². The highest BCUT2D eigenvalue weighted by atomic mass is 16.2. The summed E-state index contributed by atoms with van der Waals surface area (Å²) in [4.78, 5) is 16.3. The van der Waals surface area contributed by atoms with Crippen molar-refractivity contribution in [2.75, 3.05) is 38.5 Å². The first-order valence-electron chi connectivity index (χ1n) is 7.71. The zero-order valence-corrected chi connectivity index (χ0v) is 14.3. The molecule has 1 N–H and O–H groups in total. The van der Waals surface area contributed by atoms with Gasteiger partial charge in [-0.05, 0) is 45.0 Å². The molecule has 0 radical (unpaired) electrons. The Morgan fingerprint density at radius 2 is 1.57 bits per heavy atom. The zero-order chi connectivity index (χ0) is 16.0. The van der Waals surface area contributed by atoms with Crippen LogP contribution < -0.4 is 5.32 Å². The third kappa shape index (κ3) is 5.05. The van der Waals surface area contributed by atoms with Crippen molar-refractivity contribution in [2.45, 2.75) is 34.6 Å². The highest BCUT2D eigenvalue weighted by Crippen LogP contribution is 2.22. The van der Waals surface area contributed by atoms with Crippen molar-refractivity contribution in [1.29, 1.82) is 0 Å². The number of nitrogens with zero attached hydrogens (tertiary/aromatic N) is 2. The van der Waals surface area contributed by atoms with E-state index in [9.17, 15) is 4.79 Å². The number of amides is 2. The van der Waals surface area contributed by atoms with E-state index < -0.39 is 0 Å². The Morgan fingerprint density at radius 3 is 2.05 bits per heavy atom. The predicted octanol–water partition coefficient (Wildman–Crippen LogP) is 3.42. The van der Waals surface area contributed by atoms with Gasteiger partial charge in [-0.2, -0.15) is 0 Å². The minimum atomic E-state index is -0.0443. The molecule has 0 fully saturated rings. The molecular formula is C17H29N3O. The summed E-state index contributed by atoms with van der Waals surface area (Å²) < 4.78 is 0. The Labute approximate surface area is 129 Å². The summed E-state index contributed by atoms with van der Waals surface area (Å²) in [5.41, 5.74) is 4.37. The monoisotopic (exact) mass is 291 g/mol. The van der Waals surface area contributed by atoms with E-state index in [-0.39, 0.29) is 6.03 Å². The smallest absolute Gasteiger partial charge is 0.321 e. The van der Waals surface area contributed by atoms with Crippen LogP contribution in [-0.2, 0) is 0 Å². The maximum absolute atomic E-state index is 12.3. The maximum Gasteiger partial charge on any atom is 0.321 e. The Hall–Kier alpha value is -1.55. The number of carbonyl (C=O) groups is 1. The molecule has 0 aromatic heterocycles. The van der Waals surface area contributed by atoms with Crippen molar-refractivity contribution in [2.24, 2.45) is 0 Å². The molecule has 0 aliphatic rings. The Bertz CT molecular complexity index is 458. The van der Waals surface area contributed by atoms with Crippen LogP contribution in [0.3, 0.4) is 0 Å². The first-order valence-corrected chi connectivity index (χ1v) is 7.71. The fraction of sp³-hybridized carbons (Fsp3) is 0.588. The van der Waals surface area contributed by atoms with Crippen molar-refractivity contribution in [3.05, 3.63) is 28.8 Å². The average molecular weight is 291 g/mol. The average Bonchev–Trinajstić information content (AvgIpc) is 2.43. The molecule has 1 aromatic carbocycles. The van der Waals surface area contributed by atoms with Gasteiger partial charge in [-0.25, -0.2) is 4.79 Å². The molecule has 0 bridgehead atoms. The third-order valence-corrected chi connectivity index (χ3v) is 3.90. The van der Waals surface area contributed by atoms with E-state index in [2.05, 4.69) is 43.1 Å². The molecule has 0 spiro atoms. The number of rotatable bonds is 6. The molecule has 0 saturated heterocycles. The van der Waals surface area contributed by atoms with Gasteiger partial charge in [-0.1, -0.05) is 31.5 Å². The number of anilines is 1. The van der Waals surface area contributed by atoms with E-state index in [0.717, 1.165) is 43.0 Å². The van der Waals surface area contributed by atoms with Crippen LogP contribution in [0.25, 0.3) is 0 Å². The lowest BCUT2D eigenvalue weighted by atomic mass is 10.1. The predicted molar refractivity (Wildman–Crippen MR) is 90.1 cm³/mol. The second-order valence-corrected chi connectivity index (χ2v) is 5.65. The van der Waals surface area contributed by atoms with Crippen molar-refractivity contribution < 1.29 is 4.79 Å². The molecular weight excluding hydrogens is 262 g/mol. The molecule has 0 aliphatic heterocycles. The second kappa shape index (κ2) is 8.03. The molecule has 0 unspecified atom stereocenters. The first kappa shape index (κ1) is 17.5. The summed E-state index contributed by atoms with van der Waals surface area (Å²) in [6.45, 7) is 14.1. The van der Waals surface area contributed by atoms with E-state index in [1.807, 2.05) is 20.9 Å². The lowest BCUT2D eigenvalue weighted by Gasteiger charge is -2.24. The molecule has 0 saturated carbocycles. The van der Waals surface area contributed by atoms with Gasteiger partial charge in [-0.3, -0.25) is 0 Å². The van der Waals surface area contributed by atoms with Crippen LogP contribution in [-0.4, -0.2) is 49.1 Å². The molecule has 4 heteroatoms. The number of aryl methyl sites for hydroxylation is 3. The van der Waals surface area contributed by atoms with Crippen LogP contribution in [0.5, 0.6) is 0 Å². The van der Waals surface area contributed by atoms with Gasteiger partial charge in [0.1, 0.15) is 0 Å². The minimum Gasteiger partial charge on any atom is -0.326 e. The summed E-state index contributed by atoms with van der Waals surface area (Å²) in [5, 5.41) is 3.03. The van der Waals surface area contributed by atoms with Gasteiger partial charge in [0.25, 0.3) is 0 Å². The number of benzene rings is 1. The number of hydrogen-bond donors (Lipinski definition) is 1. The normalized spacial score (nSPS) is 10.8. The van der Waals surface area contributed by atoms with Gasteiger partial charge in [0.05, 0.1) is 0 Å². The van der Waals surface area contributed by atoms with Gasteiger partial charge in [-0.15, -0.1) is 0 Å². The Kier molecular flexibility index (Phi) is 6.69. The standard InChI is InChI=1S/C17H29N3O/c1-7-20(8-2)10-9-19(6)17(21)18-16-14(4)11-13(3)12-15(16)5/h11-12H,7-10H2,1-6H3,(H,18,21). The lowest BCUT2D eigenvalue weighted by molar-refractivity contribution is 0.210. The van der Waals surface area contributed by atoms with E-state index in [1.165, 1.54) is 5.56 Å². The van der Waals surface area contributed by atoms with Gasteiger partial charge in [0.15, 0.2) is 0 Å². The van der Waals surface area contributed by atoms with Gasteiger partial charge >= 0.3 is 6.03 Å². The van der Waals surface area contributed by atoms with E-state index >= 15 is 0 Å². The molecule has 4 nitrogen and oxygen atoms in total. The molecule has 1 aromatic rings. The van der Waals surface area contributed by atoms with E-state index in [0.29, 0.717) is 0 Å². The summed E-state index contributed by atoms with van der Waals surface area (Å²) in [7, 11) is 1.84. The van der Waals surface area contributed by atoms with Gasteiger partial charge in [0.2, 0.25) is 0 Å². The van der Waals surface area contributed by atoms with E-state index in [1.54, 1.807) is 4.90 Å². The quantitative estimate of drug-likeness (QED) is 0.871. The lowest BCUT2D eigenvalue weighted by Crippen LogP contribution is -2.38. The van der Waals surface area contributed by atoms with Crippen molar-refractivity contribution in [3.63, 3.8) is 0 Å². The number of hydrogen-bond acceptors (Lipinski definition) is 2. The first-order chi connectivity index (χ1) is 9.88. The summed E-state index contributed by atoms with van der Waals surface area (Å²) in [5.74, 6) is 0. The molecule has 21 heavy (non-hydrogen) atoms. The van der Waals surface area contributed by atoms with Crippen molar-refractivity contribution >= 4 is 11.7 Å². The van der Waals surface area contributed by atoms with Crippen molar-refractivity contribution in [3.8, 4) is 0 Å². The molecule has 0 heterocycles. The second-order valence-electron chi connectivity index (χ2n) is 5.65. The summed E-state index contributed by atoms with van der Waals surface area (Å²) in [6, 6.07) is 4.15. The van der Waals surface area contributed by atoms with Crippen LogP contribution in [0.4, 0.5) is 10.5 Å². The number of nitrogens with one attached hydrogen (secondary N) is 1. The van der Waals surface area contributed by atoms with Gasteiger partial charge < -0.3 is 15.1 Å². The maximum atomic E-state index is 12.3. The van der Waals surface area contributed by atoms with Crippen LogP contribution in [0.1, 0.15) is 30.5 Å². The summed E-state index contributed by atoms with van der Waals surface area (Å²) >= 11 is 0. The minimum absolute atomic E-state index is 0.0443. The Balaban J connectivity index is 2.64.